The average Bonchev–Trinajstić information content (AvgIpc) is 2.83. The number of imidazole rings is 1. The molecule has 2 aromatic carbocycles. The van der Waals surface area contributed by atoms with Crippen LogP contribution in [0.2, 0.25) is 0 Å². The van der Waals surface area contributed by atoms with Crippen LogP contribution in [0.1, 0.15) is 26.3 Å². The molecule has 0 saturated carbocycles. The highest BCUT2D eigenvalue weighted by molar-refractivity contribution is 5.79. The van der Waals surface area contributed by atoms with Crippen molar-refractivity contribution in [3.05, 3.63) is 53.8 Å². The smallest absolute Gasteiger partial charge is 0.151 e. The Labute approximate surface area is 117 Å². The minimum atomic E-state index is -0.295. The van der Waals surface area contributed by atoms with Crippen molar-refractivity contribution in [3.63, 3.8) is 0 Å². The molecule has 1 aromatic heterocycles. The van der Waals surface area contributed by atoms with E-state index in [4.69, 9.17) is 0 Å². The van der Waals surface area contributed by atoms with Crippen molar-refractivity contribution in [1.29, 1.82) is 0 Å². The van der Waals surface area contributed by atoms with Crippen molar-refractivity contribution in [2.24, 2.45) is 0 Å². The summed E-state index contributed by atoms with van der Waals surface area (Å²) < 4.78 is 13.7. The van der Waals surface area contributed by atoms with Crippen LogP contribution in [-0.2, 0) is 5.41 Å². The van der Waals surface area contributed by atoms with Crippen molar-refractivity contribution in [3.8, 4) is 11.4 Å². The Morgan fingerprint density at radius 1 is 1.00 bits per heavy atom. The number of benzene rings is 2. The molecule has 3 heteroatoms. The number of nitrogens with zero attached hydrogens (tertiary/aromatic N) is 1. The minimum Gasteiger partial charge on any atom is -0.338 e. The van der Waals surface area contributed by atoms with Gasteiger partial charge in [0.15, 0.2) is 5.82 Å². The highest BCUT2D eigenvalue weighted by Gasteiger charge is 2.14. The molecule has 0 amide bonds. The molecular weight excluding hydrogens is 251 g/mol. The van der Waals surface area contributed by atoms with E-state index in [0.29, 0.717) is 11.3 Å². The summed E-state index contributed by atoms with van der Waals surface area (Å²) in [6.45, 7) is 6.54. The molecule has 1 N–H and O–H groups in total. The highest BCUT2D eigenvalue weighted by atomic mass is 19.1. The zero-order valence-corrected chi connectivity index (χ0v) is 11.9. The molecule has 3 aromatic rings. The number of para-hydroxylation sites is 1. The lowest BCUT2D eigenvalue weighted by Crippen LogP contribution is -2.10. The number of H-pyrrole nitrogens is 1. The maximum atomic E-state index is 13.7. The van der Waals surface area contributed by atoms with Crippen LogP contribution in [0, 0.1) is 5.82 Å². The lowest BCUT2D eigenvalue weighted by molar-refractivity contribution is 0.590. The van der Waals surface area contributed by atoms with E-state index in [-0.39, 0.29) is 11.2 Å². The van der Waals surface area contributed by atoms with Crippen LogP contribution in [0.4, 0.5) is 4.39 Å². The van der Waals surface area contributed by atoms with Gasteiger partial charge in [-0.25, -0.2) is 9.37 Å². The summed E-state index contributed by atoms with van der Waals surface area (Å²) in [5.74, 6) is 0.405. The van der Waals surface area contributed by atoms with Crippen LogP contribution < -0.4 is 0 Å². The average molecular weight is 268 g/mol. The predicted molar refractivity (Wildman–Crippen MR) is 80.2 cm³/mol. The summed E-state index contributed by atoms with van der Waals surface area (Å²) in [6, 6.07) is 13.2. The number of nitrogens with one attached hydrogen (secondary N) is 1. The molecule has 0 aliphatic heterocycles. The Morgan fingerprint density at radius 2 is 1.70 bits per heavy atom. The van der Waals surface area contributed by atoms with Crippen molar-refractivity contribution in [2.45, 2.75) is 26.2 Å². The van der Waals surface area contributed by atoms with E-state index in [1.807, 2.05) is 18.2 Å². The van der Waals surface area contributed by atoms with Gasteiger partial charge in [-0.1, -0.05) is 51.1 Å². The van der Waals surface area contributed by atoms with Gasteiger partial charge in [-0.05, 0) is 23.1 Å². The Kier molecular flexibility index (Phi) is 2.85. The standard InChI is InChI=1S/C17H17FN2/c1-17(2,3)12-9-7-11(8-10-12)16-19-14-6-4-5-13(18)15(14)20-16/h4-10H,1-3H3,(H,19,20). The number of fused-ring (bicyclic) bond motifs is 1. The van der Waals surface area contributed by atoms with Crippen LogP contribution in [0.25, 0.3) is 22.4 Å². The van der Waals surface area contributed by atoms with Crippen LogP contribution in [0.5, 0.6) is 0 Å². The zero-order valence-electron chi connectivity index (χ0n) is 11.9. The maximum Gasteiger partial charge on any atom is 0.151 e. The summed E-state index contributed by atoms with van der Waals surface area (Å²) >= 11 is 0. The fraction of sp³-hybridized carbons (Fsp3) is 0.235. The van der Waals surface area contributed by atoms with Crippen molar-refractivity contribution in [1.82, 2.24) is 9.97 Å². The molecule has 20 heavy (non-hydrogen) atoms. The molecule has 2 nitrogen and oxygen atoms in total. The topological polar surface area (TPSA) is 28.7 Å². The molecule has 0 aliphatic rings. The lowest BCUT2D eigenvalue weighted by Gasteiger charge is -2.18. The fourth-order valence-electron chi connectivity index (χ4n) is 2.26. The van der Waals surface area contributed by atoms with E-state index in [2.05, 4.69) is 42.9 Å². The van der Waals surface area contributed by atoms with E-state index in [0.717, 1.165) is 11.1 Å². The molecule has 1 heterocycles. The van der Waals surface area contributed by atoms with E-state index < -0.39 is 0 Å². The Morgan fingerprint density at radius 3 is 2.30 bits per heavy atom. The molecule has 3 rings (SSSR count). The first-order chi connectivity index (χ1) is 9.45. The van der Waals surface area contributed by atoms with Gasteiger partial charge in [-0.15, -0.1) is 0 Å². The largest absolute Gasteiger partial charge is 0.338 e. The first kappa shape index (κ1) is 12.9. The lowest BCUT2D eigenvalue weighted by atomic mass is 9.87. The summed E-state index contributed by atoms with van der Waals surface area (Å²) in [6.07, 6.45) is 0. The number of aromatic amines is 1. The minimum absolute atomic E-state index is 0.124. The third kappa shape index (κ3) is 2.20. The van der Waals surface area contributed by atoms with Crippen LogP contribution in [-0.4, -0.2) is 9.97 Å². The highest BCUT2D eigenvalue weighted by Crippen LogP contribution is 2.26. The van der Waals surface area contributed by atoms with Gasteiger partial charge in [0.2, 0.25) is 0 Å². The predicted octanol–water partition coefficient (Wildman–Crippen LogP) is 4.67. The summed E-state index contributed by atoms with van der Waals surface area (Å²) in [7, 11) is 0. The van der Waals surface area contributed by atoms with Gasteiger partial charge < -0.3 is 4.98 Å². The number of aromatic nitrogens is 2. The molecule has 0 aliphatic carbocycles. The first-order valence-electron chi connectivity index (χ1n) is 6.70. The van der Waals surface area contributed by atoms with Crippen LogP contribution >= 0.6 is 0 Å². The van der Waals surface area contributed by atoms with Gasteiger partial charge in [0.05, 0.1) is 5.52 Å². The summed E-state index contributed by atoms with van der Waals surface area (Å²) in [5, 5.41) is 0. The molecular formula is C17H17FN2. The van der Waals surface area contributed by atoms with Crippen molar-refractivity contribution < 1.29 is 4.39 Å². The maximum absolute atomic E-state index is 13.7. The van der Waals surface area contributed by atoms with E-state index in [9.17, 15) is 4.39 Å². The second-order valence-electron chi connectivity index (χ2n) is 6.05. The third-order valence-electron chi connectivity index (χ3n) is 3.49. The number of rotatable bonds is 1. The monoisotopic (exact) mass is 268 g/mol. The number of halogens is 1. The van der Waals surface area contributed by atoms with E-state index in [1.54, 1.807) is 6.07 Å². The van der Waals surface area contributed by atoms with Crippen LogP contribution in [0.3, 0.4) is 0 Å². The second kappa shape index (κ2) is 4.44. The zero-order chi connectivity index (χ0) is 14.3. The van der Waals surface area contributed by atoms with Gasteiger partial charge >= 0.3 is 0 Å². The van der Waals surface area contributed by atoms with Crippen molar-refractivity contribution in [2.75, 3.05) is 0 Å². The number of hydrogen-bond donors (Lipinski definition) is 1. The molecule has 0 fully saturated rings. The molecule has 0 radical (unpaired) electrons. The Bertz CT molecular complexity index is 749. The van der Waals surface area contributed by atoms with Crippen molar-refractivity contribution >= 4 is 11.0 Å². The fourth-order valence-corrected chi connectivity index (χ4v) is 2.26. The van der Waals surface area contributed by atoms with E-state index in [1.165, 1.54) is 11.6 Å². The van der Waals surface area contributed by atoms with Gasteiger partial charge in [-0.2, -0.15) is 0 Å². The van der Waals surface area contributed by atoms with Gasteiger partial charge in [0.1, 0.15) is 11.3 Å². The molecule has 0 unspecified atom stereocenters. The quantitative estimate of drug-likeness (QED) is 0.682. The van der Waals surface area contributed by atoms with Gasteiger partial charge in [-0.3, -0.25) is 0 Å². The third-order valence-corrected chi connectivity index (χ3v) is 3.49. The molecule has 0 spiro atoms. The number of hydrogen-bond acceptors (Lipinski definition) is 1. The SMILES string of the molecule is CC(C)(C)c1ccc(-c2nc3c(F)cccc3[nH]2)cc1. The first-order valence-corrected chi connectivity index (χ1v) is 6.70. The molecule has 0 bridgehead atoms. The molecule has 0 atom stereocenters. The molecule has 102 valence electrons. The van der Waals surface area contributed by atoms with Crippen LogP contribution in [0.15, 0.2) is 42.5 Å². The van der Waals surface area contributed by atoms with E-state index >= 15 is 0 Å². The normalized spacial score (nSPS) is 12.0. The summed E-state index contributed by atoms with van der Waals surface area (Å²) in [4.78, 5) is 7.50. The Balaban J connectivity index is 2.05. The summed E-state index contributed by atoms with van der Waals surface area (Å²) in [5.41, 5.74) is 3.47. The van der Waals surface area contributed by atoms with Gasteiger partial charge in [0, 0.05) is 5.56 Å². The second-order valence-corrected chi connectivity index (χ2v) is 6.05. The van der Waals surface area contributed by atoms with Gasteiger partial charge in [0.25, 0.3) is 0 Å². The Hall–Kier alpha value is -2.16. The molecule has 0 saturated heterocycles.